The molecular weight excluding hydrogens is 234 g/mol. The van der Waals surface area contributed by atoms with E-state index in [1.54, 1.807) is 6.92 Å². The van der Waals surface area contributed by atoms with Gasteiger partial charge in [0.2, 0.25) is 0 Å². The van der Waals surface area contributed by atoms with Crippen molar-refractivity contribution in [3.8, 4) is 0 Å². The quantitative estimate of drug-likeness (QED) is 0.430. The molecule has 0 spiro atoms. The Balaban J connectivity index is 2.96. The number of aromatic nitrogens is 1. The minimum Gasteiger partial charge on any atom is -0.465 e. The molecule has 0 aromatic carbocycles. The first kappa shape index (κ1) is 12.6. The highest BCUT2D eigenvalue weighted by molar-refractivity contribution is 5.69. The summed E-state index contributed by atoms with van der Waals surface area (Å²) >= 11 is 0. The van der Waals surface area contributed by atoms with Crippen molar-refractivity contribution in [1.82, 2.24) is 4.57 Å². The number of hydrogen-bond acceptors (Lipinski definition) is 6. The van der Waals surface area contributed by atoms with Crippen LogP contribution in [-0.2, 0) is 16.1 Å². The van der Waals surface area contributed by atoms with Crippen molar-refractivity contribution >= 4 is 17.3 Å². The topological polar surface area (TPSA) is 118 Å². The van der Waals surface area contributed by atoms with E-state index in [2.05, 4.69) is 4.74 Å². The Labute approximate surface area is 94.9 Å². The second-order valence-corrected chi connectivity index (χ2v) is 3.02. The van der Waals surface area contributed by atoms with Crippen LogP contribution in [0.3, 0.4) is 0 Å². The lowest BCUT2D eigenvalue weighted by atomic mass is 10.5. The molecule has 0 radical (unpaired) electrons. The number of esters is 1. The fourth-order valence-corrected chi connectivity index (χ4v) is 1.21. The summed E-state index contributed by atoms with van der Waals surface area (Å²) in [7, 11) is 0. The molecule has 1 rings (SSSR count). The Hall–Kier alpha value is -2.45. The van der Waals surface area contributed by atoms with E-state index in [0.29, 0.717) is 0 Å². The monoisotopic (exact) mass is 243 g/mol. The van der Waals surface area contributed by atoms with Gasteiger partial charge in [-0.05, 0) is 6.92 Å². The number of ether oxygens (including phenoxy) is 1. The fraction of sp³-hybridized carbons (Fsp3) is 0.375. The summed E-state index contributed by atoms with van der Waals surface area (Å²) in [6.45, 7) is 1.48. The van der Waals surface area contributed by atoms with Crippen LogP contribution in [0, 0.1) is 20.2 Å². The third-order valence-corrected chi connectivity index (χ3v) is 1.85. The molecule has 0 N–H and O–H groups in total. The summed E-state index contributed by atoms with van der Waals surface area (Å²) in [4.78, 5) is 30.4. The molecule has 0 atom stereocenters. The van der Waals surface area contributed by atoms with Gasteiger partial charge in [0.05, 0.1) is 28.8 Å². The first-order valence-corrected chi connectivity index (χ1v) is 4.60. The highest BCUT2D eigenvalue weighted by Gasteiger charge is 2.27. The van der Waals surface area contributed by atoms with Crippen molar-refractivity contribution in [3.05, 3.63) is 32.6 Å². The van der Waals surface area contributed by atoms with Gasteiger partial charge in [-0.25, -0.2) is 0 Å². The lowest BCUT2D eigenvalue weighted by molar-refractivity contribution is -0.421. The Morgan fingerprint density at radius 3 is 2.12 bits per heavy atom. The summed E-state index contributed by atoms with van der Waals surface area (Å²) in [5.74, 6) is -0.618. The average Bonchev–Trinajstić information content (AvgIpc) is 2.62. The number of carbonyl (C=O) groups is 1. The van der Waals surface area contributed by atoms with E-state index in [-0.39, 0.29) is 13.2 Å². The van der Waals surface area contributed by atoms with Gasteiger partial charge in [0, 0.05) is 0 Å². The smallest absolute Gasteiger partial charge is 0.363 e. The van der Waals surface area contributed by atoms with Crippen LogP contribution in [0.4, 0.5) is 11.4 Å². The minimum absolute atomic E-state index is 0.171. The van der Waals surface area contributed by atoms with Crippen molar-refractivity contribution in [2.75, 3.05) is 6.61 Å². The lowest BCUT2D eigenvalue weighted by Gasteiger charge is -2.00. The summed E-state index contributed by atoms with van der Waals surface area (Å²) in [5, 5.41) is 21.0. The van der Waals surface area contributed by atoms with E-state index >= 15 is 0 Å². The van der Waals surface area contributed by atoms with Gasteiger partial charge < -0.3 is 9.30 Å². The molecule has 9 heteroatoms. The maximum atomic E-state index is 11.1. The third kappa shape index (κ3) is 3.00. The van der Waals surface area contributed by atoms with Crippen LogP contribution in [0.5, 0.6) is 0 Å². The molecule has 0 bridgehead atoms. The van der Waals surface area contributed by atoms with Gasteiger partial charge in [-0.1, -0.05) is 0 Å². The summed E-state index contributed by atoms with van der Waals surface area (Å²) < 4.78 is 5.67. The number of carbonyl (C=O) groups excluding carboxylic acids is 1. The zero-order valence-corrected chi connectivity index (χ0v) is 8.86. The van der Waals surface area contributed by atoms with E-state index in [9.17, 15) is 25.0 Å². The van der Waals surface area contributed by atoms with E-state index in [0.717, 1.165) is 17.0 Å². The van der Waals surface area contributed by atoms with Gasteiger partial charge >= 0.3 is 17.3 Å². The predicted octanol–water partition coefficient (Wildman–Crippen LogP) is 0.868. The molecule has 0 aliphatic rings. The predicted molar refractivity (Wildman–Crippen MR) is 54.4 cm³/mol. The van der Waals surface area contributed by atoms with E-state index in [1.165, 1.54) is 0 Å². The van der Waals surface area contributed by atoms with Gasteiger partial charge in [-0.3, -0.25) is 25.0 Å². The SMILES string of the molecule is CCOC(=O)Cn1cc([N+](=O)[O-])c([N+](=O)[O-])c1. The average molecular weight is 243 g/mol. The highest BCUT2D eigenvalue weighted by atomic mass is 16.6. The summed E-state index contributed by atoms with van der Waals surface area (Å²) in [6, 6.07) is 0. The van der Waals surface area contributed by atoms with E-state index < -0.39 is 27.2 Å². The van der Waals surface area contributed by atoms with Crippen molar-refractivity contribution in [2.24, 2.45) is 0 Å². The Kier molecular flexibility index (Phi) is 3.75. The first-order chi connectivity index (χ1) is 7.95. The molecule has 0 unspecified atom stereocenters. The molecular formula is C8H9N3O6. The largest absolute Gasteiger partial charge is 0.465 e. The summed E-state index contributed by atoms with van der Waals surface area (Å²) in [5.41, 5.74) is -1.31. The van der Waals surface area contributed by atoms with E-state index in [4.69, 9.17) is 0 Å². The maximum Gasteiger partial charge on any atom is 0.363 e. The molecule has 0 saturated heterocycles. The minimum atomic E-state index is -0.875. The van der Waals surface area contributed by atoms with Gasteiger partial charge in [0.15, 0.2) is 0 Å². The normalized spacial score (nSPS) is 9.94. The standard InChI is InChI=1S/C8H9N3O6/c1-2-17-8(12)5-9-3-6(10(13)14)7(4-9)11(15)16/h3-4H,2,5H2,1H3. The summed E-state index contributed by atoms with van der Waals surface area (Å²) in [6.07, 6.45) is 1.85. The molecule has 92 valence electrons. The van der Waals surface area contributed by atoms with Gasteiger partial charge in [0.25, 0.3) is 0 Å². The molecule has 1 heterocycles. The van der Waals surface area contributed by atoms with Crippen molar-refractivity contribution < 1.29 is 19.4 Å². The fourth-order valence-electron chi connectivity index (χ4n) is 1.21. The maximum absolute atomic E-state index is 11.1. The van der Waals surface area contributed by atoms with E-state index in [1.807, 2.05) is 0 Å². The Morgan fingerprint density at radius 2 is 1.76 bits per heavy atom. The second kappa shape index (κ2) is 5.05. The van der Waals surface area contributed by atoms with Crippen molar-refractivity contribution in [3.63, 3.8) is 0 Å². The number of nitrogens with zero attached hydrogens (tertiary/aromatic N) is 3. The zero-order chi connectivity index (χ0) is 13.0. The van der Waals surface area contributed by atoms with Gasteiger partial charge in [0.1, 0.15) is 6.54 Å². The Bertz CT molecular complexity index is 434. The number of nitro groups is 2. The molecule has 0 aliphatic heterocycles. The molecule has 0 aliphatic carbocycles. The second-order valence-electron chi connectivity index (χ2n) is 3.02. The van der Waals surface area contributed by atoms with Crippen molar-refractivity contribution in [1.29, 1.82) is 0 Å². The lowest BCUT2D eigenvalue weighted by Crippen LogP contribution is -2.11. The molecule has 17 heavy (non-hydrogen) atoms. The molecule has 0 amide bonds. The Morgan fingerprint density at radius 1 is 1.29 bits per heavy atom. The van der Waals surface area contributed by atoms with Crippen molar-refractivity contribution in [2.45, 2.75) is 13.5 Å². The van der Waals surface area contributed by atoms with Crippen LogP contribution in [0.2, 0.25) is 0 Å². The molecule has 0 saturated carbocycles. The number of rotatable bonds is 5. The molecule has 9 nitrogen and oxygen atoms in total. The number of hydrogen-bond donors (Lipinski definition) is 0. The first-order valence-electron chi connectivity index (χ1n) is 4.60. The molecule has 0 fully saturated rings. The van der Waals surface area contributed by atoms with Gasteiger partial charge in [-0.15, -0.1) is 0 Å². The zero-order valence-electron chi connectivity index (χ0n) is 8.86. The van der Waals surface area contributed by atoms with Crippen LogP contribution in [-0.4, -0.2) is 27.0 Å². The van der Waals surface area contributed by atoms with Gasteiger partial charge in [-0.2, -0.15) is 0 Å². The van der Waals surface area contributed by atoms with Crippen LogP contribution in [0.1, 0.15) is 6.92 Å². The third-order valence-electron chi connectivity index (χ3n) is 1.85. The van der Waals surface area contributed by atoms with Crippen LogP contribution in [0.15, 0.2) is 12.4 Å². The molecule has 1 aromatic heterocycles. The molecule has 1 aromatic rings. The van der Waals surface area contributed by atoms with Crippen LogP contribution < -0.4 is 0 Å². The van der Waals surface area contributed by atoms with Crippen LogP contribution in [0.25, 0.3) is 0 Å². The highest BCUT2D eigenvalue weighted by Crippen LogP contribution is 2.27. The van der Waals surface area contributed by atoms with Crippen LogP contribution >= 0.6 is 0 Å².